The van der Waals surface area contributed by atoms with E-state index in [-0.39, 0.29) is 0 Å². The molecule has 0 aromatic heterocycles. The third kappa shape index (κ3) is 2.74. The second-order valence-electron chi connectivity index (χ2n) is 3.19. The quantitative estimate of drug-likeness (QED) is 0.632. The zero-order chi connectivity index (χ0) is 11.5. The monoisotopic (exact) mass is 229 g/mol. The first-order valence-electron chi connectivity index (χ1n) is 4.67. The molecule has 1 rings (SSSR count). The second-order valence-corrected chi connectivity index (χ2v) is 5.63. The Morgan fingerprint density at radius 1 is 1.47 bits per heavy atom. The Morgan fingerprint density at radius 2 is 2.13 bits per heavy atom. The van der Waals surface area contributed by atoms with Gasteiger partial charge in [-0.1, -0.05) is 0 Å². The smallest absolute Gasteiger partial charge is 0.232 e. The fourth-order valence-electron chi connectivity index (χ4n) is 1.35. The Hall–Kier alpha value is -0.990. The Kier molecular flexibility index (Phi) is 3.77. The summed E-state index contributed by atoms with van der Waals surface area (Å²) in [7, 11) is -1.28. The number of methoxy groups -OCH3 is 1. The highest BCUT2D eigenvalue weighted by Gasteiger charge is 2.23. The van der Waals surface area contributed by atoms with Crippen molar-refractivity contribution in [3.05, 3.63) is 18.2 Å². The molecule has 0 saturated carbocycles. The van der Waals surface area contributed by atoms with Crippen LogP contribution in [0.1, 0.15) is 6.92 Å². The average Bonchev–Trinajstić information content (AvgIpc) is 2.17. The largest absolute Gasteiger partial charge is 0.496 e. The summed E-state index contributed by atoms with van der Waals surface area (Å²) in [4.78, 5) is 0. The Bertz CT molecular complexity index is 392. The standard InChI is InChI=1S/C10H16NO3P/c1-4-14-15(3,12)10-6-5-8(11)7-9(10)13-2/h5-7H,4,11H2,1-3H3. The SMILES string of the molecule is CCOP(C)(=O)c1ccc(N)cc1OC. The molecule has 0 bridgehead atoms. The molecule has 1 aromatic rings. The minimum Gasteiger partial charge on any atom is -0.496 e. The van der Waals surface area contributed by atoms with Crippen molar-refractivity contribution in [3.63, 3.8) is 0 Å². The van der Waals surface area contributed by atoms with Gasteiger partial charge in [0, 0.05) is 18.4 Å². The molecule has 4 nitrogen and oxygen atoms in total. The summed E-state index contributed by atoms with van der Waals surface area (Å²) in [5.41, 5.74) is 6.19. The van der Waals surface area contributed by atoms with Crippen LogP contribution >= 0.6 is 7.37 Å². The van der Waals surface area contributed by atoms with Crippen molar-refractivity contribution in [2.75, 3.05) is 26.1 Å². The van der Waals surface area contributed by atoms with Gasteiger partial charge in [-0.05, 0) is 19.1 Å². The fraction of sp³-hybridized carbons (Fsp3) is 0.400. The van der Waals surface area contributed by atoms with E-state index in [1.54, 1.807) is 31.8 Å². The summed E-state index contributed by atoms with van der Waals surface area (Å²) >= 11 is 0. The summed E-state index contributed by atoms with van der Waals surface area (Å²) < 4.78 is 22.5. The molecule has 2 N–H and O–H groups in total. The van der Waals surface area contributed by atoms with Gasteiger partial charge in [-0.2, -0.15) is 0 Å². The maximum atomic E-state index is 12.2. The predicted octanol–water partition coefficient (Wildman–Crippen LogP) is 1.85. The van der Waals surface area contributed by atoms with E-state index in [9.17, 15) is 4.57 Å². The van der Waals surface area contributed by atoms with Crippen LogP contribution in [-0.2, 0) is 9.09 Å². The van der Waals surface area contributed by atoms with Gasteiger partial charge in [0.05, 0.1) is 19.0 Å². The Labute approximate surface area is 89.8 Å². The second kappa shape index (κ2) is 4.69. The van der Waals surface area contributed by atoms with E-state index in [4.69, 9.17) is 15.0 Å². The number of hydrogen-bond donors (Lipinski definition) is 1. The van der Waals surface area contributed by atoms with Crippen molar-refractivity contribution < 1.29 is 13.8 Å². The summed E-state index contributed by atoms with van der Waals surface area (Å²) in [5.74, 6) is 0.509. The van der Waals surface area contributed by atoms with Crippen molar-refractivity contribution in [1.29, 1.82) is 0 Å². The summed E-state index contributed by atoms with van der Waals surface area (Å²) in [5, 5.41) is 0.570. The Balaban J connectivity index is 3.18. The maximum absolute atomic E-state index is 12.2. The van der Waals surface area contributed by atoms with Crippen LogP contribution in [-0.4, -0.2) is 20.4 Å². The number of benzene rings is 1. The van der Waals surface area contributed by atoms with Crippen LogP contribution in [0.2, 0.25) is 0 Å². The molecule has 84 valence electrons. The molecule has 0 amide bonds. The molecule has 0 aliphatic carbocycles. The van der Waals surface area contributed by atoms with Crippen LogP contribution in [0, 0.1) is 0 Å². The van der Waals surface area contributed by atoms with Crippen molar-refractivity contribution in [1.82, 2.24) is 0 Å². The molecular weight excluding hydrogens is 213 g/mol. The molecular formula is C10H16NO3P. The number of nitrogens with two attached hydrogens (primary N) is 1. The van der Waals surface area contributed by atoms with Gasteiger partial charge in [0.2, 0.25) is 7.37 Å². The van der Waals surface area contributed by atoms with Crippen molar-refractivity contribution in [2.45, 2.75) is 6.92 Å². The lowest BCUT2D eigenvalue weighted by Gasteiger charge is -2.16. The molecule has 1 unspecified atom stereocenters. The number of rotatable bonds is 4. The third-order valence-corrected chi connectivity index (χ3v) is 4.01. The van der Waals surface area contributed by atoms with E-state index < -0.39 is 7.37 Å². The molecule has 1 atom stereocenters. The van der Waals surface area contributed by atoms with Gasteiger partial charge in [-0.15, -0.1) is 0 Å². The lowest BCUT2D eigenvalue weighted by molar-refractivity contribution is 0.343. The van der Waals surface area contributed by atoms with E-state index in [0.717, 1.165) is 0 Å². The van der Waals surface area contributed by atoms with Gasteiger partial charge in [-0.3, -0.25) is 4.57 Å². The lowest BCUT2D eigenvalue weighted by Crippen LogP contribution is -2.10. The maximum Gasteiger partial charge on any atom is 0.232 e. The first-order valence-corrected chi connectivity index (χ1v) is 6.74. The molecule has 0 saturated heterocycles. The van der Waals surface area contributed by atoms with E-state index in [1.165, 1.54) is 7.11 Å². The van der Waals surface area contributed by atoms with Crippen molar-refractivity contribution in [2.24, 2.45) is 0 Å². The molecule has 0 fully saturated rings. The van der Waals surface area contributed by atoms with Crippen LogP contribution in [0.25, 0.3) is 0 Å². The summed E-state index contributed by atoms with van der Waals surface area (Å²) in [6.07, 6.45) is 0. The molecule has 1 aromatic carbocycles. The van der Waals surface area contributed by atoms with Gasteiger partial charge in [0.25, 0.3) is 0 Å². The predicted molar refractivity (Wildman–Crippen MR) is 62.2 cm³/mol. The number of anilines is 1. The summed E-state index contributed by atoms with van der Waals surface area (Å²) in [6, 6.07) is 5.02. The van der Waals surface area contributed by atoms with Crippen LogP contribution in [0.3, 0.4) is 0 Å². The molecule has 0 aliphatic heterocycles. The van der Waals surface area contributed by atoms with Crippen molar-refractivity contribution >= 4 is 18.4 Å². The van der Waals surface area contributed by atoms with E-state index in [1.807, 2.05) is 0 Å². The van der Waals surface area contributed by atoms with E-state index in [2.05, 4.69) is 0 Å². The molecule has 0 aliphatic rings. The number of nitrogen functional groups attached to an aromatic ring is 1. The topological polar surface area (TPSA) is 61.5 Å². The van der Waals surface area contributed by atoms with Gasteiger partial charge < -0.3 is 15.0 Å². The zero-order valence-corrected chi connectivity index (χ0v) is 10.1. The highest BCUT2D eigenvalue weighted by molar-refractivity contribution is 7.66. The highest BCUT2D eigenvalue weighted by Crippen LogP contribution is 2.44. The van der Waals surface area contributed by atoms with Gasteiger partial charge >= 0.3 is 0 Å². The highest BCUT2D eigenvalue weighted by atomic mass is 31.2. The van der Waals surface area contributed by atoms with E-state index >= 15 is 0 Å². The molecule has 0 spiro atoms. The van der Waals surface area contributed by atoms with Crippen molar-refractivity contribution in [3.8, 4) is 5.75 Å². The van der Waals surface area contributed by atoms with Crippen LogP contribution in [0.15, 0.2) is 18.2 Å². The molecule has 15 heavy (non-hydrogen) atoms. The van der Waals surface area contributed by atoms with Crippen LogP contribution in [0.5, 0.6) is 5.75 Å². The lowest BCUT2D eigenvalue weighted by atomic mass is 10.3. The minimum absolute atomic E-state index is 0.404. The number of ether oxygens (including phenoxy) is 1. The minimum atomic E-state index is -2.80. The van der Waals surface area contributed by atoms with Crippen LogP contribution in [0.4, 0.5) is 5.69 Å². The fourth-order valence-corrected chi connectivity index (χ4v) is 2.88. The zero-order valence-electron chi connectivity index (χ0n) is 9.19. The van der Waals surface area contributed by atoms with Gasteiger partial charge in [0.15, 0.2) is 0 Å². The molecule has 0 radical (unpaired) electrons. The van der Waals surface area contributed by atoms with Gasteiger partial charge in [0.1, 0.15) is 5.75 Å². The van der Waals surface area contributed by atoms with E-state index in [0.29, 0.717) is 23.3 Å². The first kappa shape index (κ1) is 12.1. The number of hydrogen-bond acceptors (Lipinski definition) is 4. The Morgan fingerprint density at radius 3 is 2.67 bits per heavy atom. The molecule has 0 heterocycles. The first-order chi connectivity index (χ1) is 7.01. The average molecular weight is 229 g/mol. The van der Waals surface area contributed by atoms with Gasteiger partial charge in [-0.25, -0.2) is 0 Å². The molecule has 5 heteroatoms. The van der Waals surface area contributed by atoms with Crippen LogP contribution < -0.4 is 15.8 Å². The third-order valence-electron chi connectivity index (χ3n) is 2.02. The normalized spacial score (nSPS) is 14.6. The summed E-state index contributed by atoms with van der Waals surface area (Å²) in [6.45, 7) is 3.78.